The minimum Gasteiger partial charge on any atom is -0.212 e. The van der Waals surface area contributed by atoms with Crippen molar-refractivity contribution in [3.8, 4) is 6.19 Å². The molecule has 68 valence electrons. The molecule has 0 unspecified atom stereocenters. The molecule has 1 aromatic carbocycles. The predicted molar refractivity (Wildman–Crippen MR) is 57.6 cm³/mol. The second-order valence-corrected chi connectivity index (χ2v) is 3.80. The summed E-state index contributed by atoms with van der Waals surface area (Å²) in [4.78, 5) is 0. The SMILES string of the molecule is CC(C)c1ccccc1N(Br)C#N. The van der Waals surface area contributed by atoms with Crippen LogP contribution in [0.3, 0.4) is 0 Å². The number of hydrogen-bond acceptors (Lipinski definition) is 2. The van der Waals surface area contributed by atoms with Gasteiger partial charge in [-0.25, -0.2) is 3.93 Å². The molecule has 1 aromatic rings. The molecule has 0 heterocycles. The highest BCUT2D eigenvalue weighted by atomic mass is 79.9. The zero-order valence-electron chi connectivity index (χ0n) is 7.66. The van der Waals surface area contributed by atoms with Gasteiger partial charge in [-0.3, -0.25) is 0 Å². The number of rotatable bonds is 2. The quantitative estimate of drug-likeness (QED) is 0.449. The van der Waals surface area contributed by atoms with Gasteiger partial charge in [-0.2, -0.15) is 5.26 Å². The lowest BCUT2D eigenvalue weighted by molar-refractivity contribution is 0.867. The van der Waals surface area contributed by atoms with E-state index in [9.17, 15) is 0 Å². The van der Waals surface area contributed by atoms with E-state index >= 15 is 0 Å². The Labute approximate surface area is 87.1 Å². The fourth-order valence-corrected chi connectivity index (χ4v) is 1.53. The highest BCUT2D eigenvalue weighted by Crippen LogP contribution is 2.28. The Morgan fingerprint density at radius 1 is 1.38 bits per heavy atom. The van der Waals surface area contributed by atoms with Gasteiger partial charge < -0.3 is 0 Å². The number of hydrogen-bond donors (Lipinski definition) is 0. The van der Waals surface area contributed by atoms with Gasteiger partial charge in [0.25, 0.3) is 0 Å². The molecule has 13 heavy (non-hydrogen) atoms. The molecule has 0 spiro atoms. The number of para-hydroxylation sites is 1. The van der Waals surface area contributed by atoms with Crippen LogP contribution in [0.15, 0.2) is 24.3 Å². The van der Waals surface area contributed by atoms with Gasteiger partial charge in [-0.05, 0) is 17.5 Å². The van der Waals surface area contributed by atoms with Crippen LogP contribution in [0.1, 0.15) is 25.3 Å². The average molecular weight is 239 g/mol. The van der Waals surface area contributed by atoms with Gasteiger partial charge in [0.1, 0.15) is 0 Å². The molecule has 3 heteroatoms. The standard InChI is InChI=1S/C10H11BrN2/c1-8(2)9-5-3-4-6-10(9)13(11)7-12/h3-6,8H,1-2H3. The number of benzene rings is 1. The Balaban J connectivity index is 3.13. The highest BCUT2D eigenvalue weighted by Gasteiger charge is 2.09. The number of nitriles is 1. The van der Waals surface area contributed by atoms with Crippen molar-refractivity contribution in [2.75, 3.05) is 3.93 Å². The van der Waals surface area contributed by atoms with Crippen molar-refractivity contribution >= 4 is 21.8 Å². The summed E-state index contributed by atoms with van der Waals surface area (Å²) >= 11 is 3.18. The maximum absolute atomic E-state index is 8.72. The van der Waals surface area contributed by atoms with Gasteiger partial charge >= 0.3 is 0 Å². The highest BCUT2D eigenvalue weighted by molar-refractivity contribution is 9.10. The molecule has 0 aliphatic heterocycles. The Morgan fingerprint density at radius 3 is 2.54 bits per heavy atom. The number of halogens is 1. The second kappa shape index (κ2) is 4.29. The predicted octanol–water partition coefficient (Wildman–Crippen LogP) is 3.41. The molecule has 0 aliphatic carbocycles. The summed E-state index contributed by atoms with van der Waals surface area (Å²) in [6.45, 7) is 4.22. The first-order valence-electron chi connectivity index (χ1n) is 4.11. The monoisotopic (exact) mass is 238 g/mol. The lowest BCUT2D eigenvalue weighted by Crippen LogP contribution is -2.03. The summed E-state index contributed by atoms with van der Waals surface area (Å²) in [6.07, 6.45) is 2.03. The van der Waals surface area contributed by atoms with Gasteiger partial charge in [0, 0.05) is 0 Å². The van der Waals surface area contributed by atoms with Crippen LogP contribution in [0.5, 0.6) is 0 Å². The van der Waals surface area contributed by atoms with E-state index in [4.69, 9.17) is 5.26 Å². The number of nitrogens with zero attached hydrogens (tertiary/aromatic N) is 2. The summed E-state index contributed by atoms with van der Waals surface area (Å²) < 4.78 is 1.41. The Hall–Kier alpha value is -1.01. The van der Waals surface area contributed by atoms with E-state index in [0.29, 0.717) is 5.92 Å². The molecular weight excluding hydrogens is 228 g/mol. The topological polar surface area (TPSA) is 27.0 Å². The van der Waals surface area contributed by atoms with E-state index in [2.05, 4.69) is 30.0 Å². The van der Waals surface area contributed by atoms with E-state index in [1.165, 1.54) is 9.49 Å². The van der Waals surface area contributed by atoms with Crippen LogP contribution in [0, 0.1) is 11.5 Å². The van der Waals surface area contributed by atoms with E-state index in [1.807, 2.05) is 30.5 Å². The van der Waals surface area contributed by atoms with Gasteiger partial charge in [0.2, 0.25) is 0 Å². The van der Waals surface area contributed by atoms with Crippen LogP contribution in [-0.4, -0.2) is 0 Å². The van der Waals surface area contributed by atoms with Crippen LogP contribution >= 0.6 is 16.1 Å². The zero-order chi connectivity index (χ0) is 9.84. The fraction of sp³-hybridized carbons (Fsp3) is 0.300. The van der Waals surface area contributed by atoms with Gasteiger partial charge in [-0.1, -0.05) is 32.0 Å². The van der Waals surface area contributed by atoms with Gasteiger partial charge in [0.15, 0.2) is 6.19 Å². The molecule has 0 saturated heterocycles. The van der Waals surface area contributed by atoms with E-state index in [1.54, 1.807) is 0 Å². The second-order valence-electron chi connectivity index (χ2n) is 3.09. The van der Waals surface area contributed by atoms with Crippen LogP contribution in [0.2, 0.25) is 0 Å². The van der Waals surface area contributed by atoms with Gasteiger partial charge in [0.05, 0.1) is 21.8 Å². The third-order valence-corrected chi connectivity index (χ3v) is 2.40. The molecule has 0 fully saturated rings. The van der Waals surface area contributed by atoms with Crippen molar-refractivity contribution < 1.29 is 0 Å². The zero-order valence-corrected chi connectivity index (χ0v) is 9.25. The van der Waals surface area contributed by atoms with E-state index in [0.717, 1.165) is 5.69 Å². The third kappa shape index (κ3) is 2.22. The molecule has 1 rings (SSSR count). The lowest BCUT2D eigenvalue weighted by atomic mass is 10.0. The molecular formula is C10H11BrN2. The molecule has 0 aromatic heterocycles. The molecule has 2 nitrogen and oxygen atoms in total. The summed E-state index contributed by atoms with van der Waals surface area (Å²) in [5.41, 5.74) is 2.08. The minimum absolute atomic E-state index is 0.421. The van der Waals surface area contributed by atoms with Crippen molar-refractivity contribution in [2.45, 2.75) is 19.8 Å². The van der Waals surface area contributed by atoms with Crippen molar-refractivity contribution in [3.05, 3.63) is 29.8 Å². The maximum Gasteiger partial charge on any atom is 0.195 e. The van der Waals surface area contributed by atoms with Crippen molar-refractivity contribution in [2.24, 2.45) is 0 Å². The van der Waals surface area contributed by atoms with Crippen LogP contribution < -0.4 is 3.93 Å². The molecule has 0 radical (unpaired) electrons. The largest absolute Gasteiger partial charge is 0.212 e. The van der Waals surface area contributed by atoms with Crippen LogP contribution in [-0.2, 0) is 0 Å². The minimum atomic E-state index is 0.421. The molecule has 0 atom stereocenters. The van der Waals surface area contributed by atoms with E-state index < -0.39 is 0 Å². The molecule has 0 bridgehead atoms. The Morgan fingerprint density at radius 2 is 2.00 bits per heavy atom. The summed E-state index contributed by atoms with van der Waals surface area (Å²) in [5.74, 6) is 0.421. The van der Waals surface area contributed by atoms with Crippen LogP contribution in [0.25, 0.3) is 0 Å². The van der Waals surface area contributed by atoms with Crippen LogP contribution in [0.4, 0.5) is 5.69 Å². The van der Waals surface area contributed by atoms with E-state index in [-0.39, 0.29) is 0 Å². The smallest absolute Gasteiger partial charge is 0.195 e. The first kappa shape index (κ1) is 10.1. The van der Waals surface area contributed by atoms with Crippen molar-refractivity contribution in [1.82, 2.24) is 0 Å². The summed E-state index contributed by atoms with van der Waals surface area (Å²) in [7, 11) is 0. The number of anilines is 1. The fourth-order valence-electron chi connectivity index (χ4n) is 1.21. The molecule has 0 N–H and O–H groups in total. The first-order chi connectivity index (χ1) is 6.16. The lowest BCUT2D eigenvalue weighted by Gasteiger charge is -2.14. The Kier molecular flexibility index (Phi) is 3.32. The van der Waals surface area contributed by atoms with Crippen molar-refractivity contribution in [3.63, 3.8) is 0 Å². The molecule has 0 saturated carbocycles. The maximum atomic E-state index is 8.72. The first-order valence-corrected chi connectivity index (χ1v) is 4.82. The third-order valence-electron chi connectivity index (χ3n) is 1.86. The molecule has 0 aliphatic rings. The molecule has 0 amide bonds. The van der Waals surface area contributed by atoms with Crippen molar-refractivity contribution in [1.29, 1.82) is 5.26 Å². The summed E-state index contributed by atoms with van der Waals surface area (Å²) in [6, 6.07) is 7.86. The van der Waals surface area contributed by atoms with Gasteiger partial charge in [-0.15, -0.1) is 0 Å². The summed E-state index contributed by atoms with van der Waals surface area (Å²) in [5, 5.41) is 8.72. The average Bonchev–Trinajstić information content (AvgIpc) is 2.16. The Bertz CT molecular complexity index is 328. The normalized spacial score (nSPS) is 9.77.